The van der Waals surface area contributed by atoms with E-state index in [1.807, 2.05) is 0 Å². The van der Waals surface area contributed by atoms with Crippen molar-refractivity contribution in [2.24, 2.45) is 0 Å². The Labute approximate surface area is 105 Å². The summed E-state index contributed by atoms with van der Waals surface area (Å²) in [5.41, 5.74) is 1.39. The Hall–Kier alpha value is -1.55. The number of carboxylic acids is 1. The van der Waals surface area contributed by atoms with Gasteiger partial charge in [0, 0.05) is 19.3 Å². The third kappa shape index (κ3) is 2.58. The minimum Gasteiger partial charge on any atom is -0.478 e. The van der Waals surface area contributed by atoms with Crippen LogP contribution in [0.5, 0.6) is 0 Å². The average Bonchev–Trinajstić information content (AvgIpc) is 2.28. The Kier molecular flexibility index (Phi) is 3.33. The average molecular weight is 253 g/mol. The summed E-state index contributed by atoms with van der Waals surface area (Å²) in [6, 6.07) is 1.44. The molecule has 1 aliphatic heterocycles. The molecule has 0 amide bonds. The first-order chi connectivity index (χ1) is 8.08. The van der Waals surface area contributed by atoms with Crippen LogP contribution < -0.4 is 4.90 Å². The molecule has 17 heavy (non-hydrogen) atoms. The minimum atomic E-state index is -1.01. The van der Waals surface area contributed by atoms with Crippen LogP contribution in [-0.2, 0) is 0 Å². The van der Waals surface area contributed by atoms with Gasteiger partial charge in [-0.1, -0.05) is 23.3 Å². The van der Waals surface area contributed by atoms with Gasteiger partial charge in [0.1, 0.15) is 5.82 Å². The molecular weight excluding hydrogens is 240 g/mol. The lowest BCUT2D eigenvalue weighted by Gasteiger charge is -2.27. The molecule has 0 atom stereocenters. The topological polar surface area (TPSA) is 53.4 Å². The summed E-state index contributed by atoms with van der Waals surface area (Å²) in [6.45, 7) is 3.71. The number of aromatic nitrogens is 1. The molecule has 0 bridgehead atoms. The first kappa shape index (κ1) is 11.9. The molecule has 1 N–H and O–H groups in total. The number of halogens is 1. The molecule has 1 aliphatic rings. The van der Waals surface area contributed by atoms with Crippen LogP contribution >= 0.6 is 11.6 Å². The molecule has 4 nitrogen and oxygen atoms in total. The van der Waals surface area contributed by atoms with E-state index >= 15 is 0 Å². The molecule has 90 valence electrons. The van der Waals surface area contributed by atoms with E-state index < -0.39 is 5.97 Å². The zero-order valence-corrected chi connectivity index (χ0v) is 10.2. The number of nitrogens with zero attached hydrogens (tertiary/aromatic N) is 2. The Balaban J connectivity index is 2.28. The standard InChI is InChI=1S/C12H13ClN2O2/c1-8-3-2-4-15(7-8)11-10(13)5-9(6-14-11)12(16)17/h3,5-6H,2,4,7H2,1H3,(H,16,17). The maximum atomic E-state index is 10.8. The van der Waals surface area contributed by atoms with Crippen molar-refractivity contribution in [2.75, 3.05) is 18.0 Å². The van der Waals surface area contributed by atoms with Crippen molar-refractivity contribution < 1.29 is 9.90 Å². The molecule has 0 saturated carbocycles. The molecule has 1 aromatic rings. The highest BCUT2D eigenvalue weighted by atomic mass is 35.5. The Morgan fingerprint density at radius 3 is 2.94 bits per heavy atom. The van der Waals surface area contributed by atoms with Gasteiger partial charge in [-0.15, -0.1) is 0 Å². The molecular formula is C12H13ClN2O2. The highest BCUT2D eigenvalue weighted by Gasteiger charge is 2.16. The molecule has 0 spiro atoms. The third-order valence-corrected chi connectivity index (χ3v) is 2.98. The summed E-state index contributed by atoms with van der Waals surface area (Å²) in [7, 11) is 0. The summed E-state index contributed by atoms with van der Waals surface area (Å²) in [4.78, 5) is 17.0. The van der Waals surface area contributed by atoms with Gasteiger partial charge in [-0.05, 0) is 19.4 Å². The second-order valence-electron chi connectivity index (χ2n) is 4.10. The van der Waals surface area contributed by atoms with Crippen LogP contribution in [-0.4, -0.2) is 29.1 Å². The highest BCUT2D eigenvalue weighted by Crippen LogP contribution is 2.26. The third-order valence-electron chi connectivity index (χ3n) is 2.70. The first-order valence-electron chi connectivity index (χ1n) is 5.37. The van der Waals surface area contributed by atoms with E-state index in [-0.39, 0.29) is 5.56 Å². The van der Waals surface area contributed by atoms with Crippen LogP contribution in [0.3, 0.4) is 0 Å². The smallest absolute Gasteiger partial charge is 0.337 e. The van der Waals surface area contributed by atoms with E-state index in [1.165, 1.54) is 17.8 Å². The lowest BCUT2D eigenvalue weighted by Crippen LogP contribution is -2.30. The minimum absolute atomic E-state index is 0.114. The van der Waals surface area contributed by atoms with Gasteiger partial charge in [-0.3, -0.25) is 0 Å². The van der Waals surface area contributed by atoms with Crippen LogP contribution in [0.2, 0.25) is 5.02 Å². The number of carboxylic acid groups (broad SMARTS) is 1. The fraction of sp³-hybridized carbons (Fsp3) is 0.333. The quantitative estimate of drug-likeness (QED) is 0.822. The zero-order chi connectivity index (χ0) is 12.4. The maximum absolute atomic E-state index is 10.8. The van der Waals surface area contributed by atoms with E-state index in [0.29, 0.717) is 10.8 Å². The van der Waals surface area contributed by atoms with Gasteiger partial charge in [0.25, 0.3) is 0 Å². The molecule has 0 unspecified atom stereocenters. The van der Waals surface area contributed by atoms with E-state index in [2.05, 4.69) is 22.9 Å². The van der Waals surface area contributed by atoms with Crippen LogP contribution in [0, 0.1) is 0 Å². The molecule has 0 radical (unpaired) electrons. The second-order valence-corrected chi connectivity index (χ2v) is 4.50. The molecule has 0 fully saturated rings. The molecule has 2 rings (SSSR count). The highest BCUT2D eigenvalue weighted by molar-refractivity contribution is 6.33. The lowest BCUT2D eigenvalue weighted by molar-refractivity contribution is 0.0696. The molecule has 2 heterocycles. The van der Waals surface area contributed by atoms with Crippen molar-refractivity contribution in [1.29, 1.82) is 0 Å². The number of pyridine rings is 1. The fourth-order valence-corrected chi connectivity index (χ4v) is 2.16. The summed E-state index contributed by atoms with van der Waals surface area (Å²) < 4.78 is 0. The number of rotatable bonds is 2. The summed E-state index contributed by atoms with van der Waals surface area (Å²) in [6.07, 6.45) is 4.50. The van der Waals surface area contributed by atoms with Crippen LogP contribution in [0.25, 0.3) is 0 Å². The number of hydrogen-bond acceptors (Lipinski definition) is 3. The monoisotopic (exact) mass is 252 g/mol. The predicted molar refractivity (Wildman–Crippen MR) is 66.8 cm³/mol. The summed E-state index contributed by atoms with van der Waals surface area (Å²) >= 11 is 6.07. The zero-order valence-electron chi connectivity index (χ0n) is 9.48. The van der Waals surface area contributed by atoms with Gasteiger partial charge < -0.3 is 10.0 Å². The Morgan fingerprint density at radius 2 is 2.35 bits per heavy atom. The van der Waals surface area contributed by atoms with Crippen molar-refractivity contribution in [3.8, 4) is 0 Å². The van der Waals surface area contributed by atoms with Crippen LogP contribution in [0.15, 0.2) is 23.9 Å². The van der Waals surface area contributed by atoms with E-state index in [4.69, 9.17) is 16.7 Å². The maximum Gasteiger partial charge on any atom is 0.337 e. The molecule has 0 aliphatic carbocycles. The second kappa shape index (κ2) is 4.75. The van der Waals surface area contributed by atoms with Crippen LogP contribution in [0.1, 0.15) is 23.7 Å². The lowest BCUT2D eigenvalue weighted by atomic mass is 10.1. The molecule has 5 heteroatoms. The van der Waals surface area contributed by atoms with Crippen LogP contribution in [0.4, 0.5) is 5.82 Å². The number of hydrogen-bond donors (Lipinski definition) is 1. The molecule has 0 aromatic carbocycles. The van der Waals surface area contributed by atoms with Gasteiger partial charge >= 0.3 is 5.97 Å². The van der Waals surface area contributed by atoms with Gasteiger partial charge in [0.2, 0.25) is 0 Å². The van der Waals surface area contributed by atoms with Gasteiger partial charge in [0.15, 0.2) is 0 Å². The van der Waals surface area contributed by atoms with Crippen molar-refractivity contribution in [1.82, 2.24) is 4.98 Å². The SMILES string of the molecule is CC1=CCCN(c2ncc(C(=O)O)cc2Cl)C1. The van der Waals surface area contributed by atoms with E-state index in [0.717, 1.165) is 19.5 Å². The summed E-state index contributed by atoms with van der Waals surface area (Å²) in [5, 5.41) is 9.22. The summed E-state index contributed by atoms with van der Waals surface area (Å²) in [5.74, 6) is -0.357. The fourth-order valence-electron chi connectivity index (χ4n) is 1.87. The van der Waals surface area contributed by atoms with E-state index in [9.17, 15) is 4.79 Å². The predicted octanol–water partition coefficient (Wildman–Crippen LogP) is 2.59. The van der Waals surface area contributed by atoms with Gasteiger partial charge in [-0.2, -0.15) is 0 Å². The number of aromatic carboxylic acids is 1. The van der Waals surface area contributed by atoms with Gasteiger partial charge in [-0.25, -0.2) is 9.78 Å². The van der Waals surface area contributed by atoms with Crippen molar-refractivity contribution in [3.63, 3.8) is 0 Å². The first-order valence-corrected chi connectivity index (χ1v) is 5.75. The number of carbonyl (C=O) groups is 1. The molecule has 0 saturated heterocycles. The number of anilines is 1. The Bertz CT molecular complexity index is 485. The molecule has 1 aromatic heterocycles. The van der Waals surface area contributed by atoms with Crippen molar-refractivity contribution in [3.05, 3.63) is 34.5 Å². The van der Waals surface area contributed by atoms with Crippen molar-refractivity contribution >= 4 is 23.4 Å². The Morgan fingerprint density at radius 1 is 1.59 bits per heavy atom. The largest absolute Gasteiger partial charge is 0.478 e. The van der Waals surface area contributed by atoms with Gasteiger partial charge in [0.05, 0.1) is 10.6 Å². The van der Waals surface area contributed by atoms with Crippen molar-refractivity contribution in [2.45, 2.75) is 13.3 Å². The van der Waals surface area contributed by atoms with E-state index in [1.54, 1.807) is 0 Å². The normalized spacial score (nSPS) is 15.6.